The standard InChI is InChI=1S/C15H23BrN2O/c1-4-13(11-7-9-12(16)10-8-11)18-14(19)15(17,5-2)6-3/h7-10,13H,4-6,17H2,1-3H3,(H,18,19). The molecular weight excluding hydrogens is 304 g/mol. The van der Waals surface area contributed by atoms with E-state index in [1.807, 2.05) is 38.1 Å². The normalized spacial score (nSPS) is 13.1. The molecule has 0 aliphatic carbocycles. The number of carbonyl (C=O) groups excluding carboxylic acids is 1. The molecule has 0 fully saturated rings. The molecule has 4 heteroatoms. The van der Waals surface area contributed by atoms with Crippen LogP contribution in [0.15, 0.2) is 28.7 Å². The molecule has 0 saturated heterocycles. The molecule has 0 aliphatic rings. The van der Waals surface area contributed by atoms with Crippen molar-refractivity contribution in [3.8, 4) is 0 Å². The minimum atomic E-state index is -0.761. The highest BCUT2D eigenvalue weighted by molar-refractivity contribution is 9.10. The van der Waals surface area contributed by atoms with Crippen molar-refractivity contribution in [3.63, 3.8) is 0 Å². The number of benzene rings is 1. The van der Waals surface area contributed by atoms with Crippen LogP contribution in [0.25, 0.3) is 0 Å². The van der Waals surface area contributed by atoms with Crippen LogP contribution in [0.2, 0.25) is 0 Å². The van der Waals surface area contributed by atoms with Crippen molar-refractivity contribution in [2.45, 2.75) is 51.6 Å². The first-order chi connectivity index (χ1) is 8.96. The first kappa shape index (κ1) is 16.2. The number of nitrogens with two attached hydrogens (primary N) is 1. The van der Waals surface area contributed by atoms with Crippen molar-refractivity contribution in [3.05, 3.63) is 34.3 Å². The van der Waals surface area contributed by atoms with Crippen molar-refractivity contribution >= 4 is 21.8 Å². The summed E-state index contributed by atoms with van der Waals surface area (Å²) < 4.78 is 1.03. The minimum Gasteiger partial charge on any atom is -0.348 e. The molecule has 0 bridgehead atoms. The predicted molar refractivity (Wildman–Crippen MR) is 82.8 cm³/mol. The zero-order chi connectivity index (χ0) is 14.5. The molecule has 0 heterocycles. The van der Waals surface area contributed by atoms with Crippen LogP contribution in [0, 0.1) is 0 Å². The molecule has 19 heavy (non-hydrogen) atoms. The molecular formula is C15H23BrN2O. The molecule has 3 nitrogen and oxygen atoms in total. The summed E-state index contributed by atoms with van der Waals surface area (Å²) in [6, 6.07) is 8.03. The summed E-state index contributed by atoms with van der Waals surface area (Å²) in [5, 5.41) is 3.07. The molecule has 0 saturated carbocycles. The number of amides is 1. The maximum absolute atomic E-state index is 12.3. The number of rotatable bonds is 6. The Bertz CT molecular complexity index is 413. The van der Waals surface area contributed by atoms with Crippen LogP contribution in [-0.2, 0) is 4.79 Å². The summed E-state index contributed by atoms with van der Waals surface area (Å²) in [6.45, 7) is 5.95. The number of nitrogens with one attached hydrogen (secondary N) is 1. The van der Waals surface area contributed by atoms with E-state index in [1.165, 1.54) is 0 Å². The third-order valence-corrected chi connectivity index (χ3v) is 4.23. The number of halogens is 1. The van der Waals surface area contributed by atoms with E-state index in [-0.39, 0.29) is 11.9 Å². The van der Waals surface area contributed by atoms with Gasteiger partial charge in [-0.05, 0) is 37.0 Å². The van der Waals surface area contributed by atoms with Crippen molar-refractivity contribution in [1.29, 1.82) is 0 Å². The van der Waals surface area contributed by atoms with Gasteiger partial charge >= 0.3 is 0 Å². The molecule has 1 aromatic carbocycles. The van der Waals surface area contributed by atoms with Crippen LogP contribution in [-0.4, -0.2) is 11.4 Å². The lowest BCUT2D eigenvalue weighted by molar-refractivity contribution is -0.127. The van der Waals surface area contributed by atoms with E-state index >= 15 is 0 Å². The van der Waals surface area contributed by atoms with Gasteiger partial charge in [-0.15, -0.1) is 0 Å². The fourth-order valence-electron chi connectivity index (χ4n) is 1.99. The third-order valence-electron chi connectivity index (χ3n) is 3.70. The molecule has 1 unspecified atom stereocenters. The molecule has 1 rings (SSSR count). The molecule has 0 spiro atoms. The molecule has 0 radical (unpaired) electrons. The van der Waals surface area contributed by atoms with E-state index < -0.39 is 5.54 Å². The van der Waals surface area contributed by atoms with Gasteiger partial charge in [-0.25, -0.2) is 0 Å². The van der Waals surface area contributed by atoms with E-state index in [1.54, 1.807) is 0 Å². The Kier molecular flexibility index (Phi) is 6.01. The van der Waals surface area contributed by atoms with Crippen LogP contribution in [0.3, 0.4) is 0 Å². The second kappa shape index (κ2) is 7.06. The van der Waals surface area contributed by atoms with Gasteiger partial charge in [0.05, 0.1) is 11.6 Å². The summed E-state index contributed by atoms with van der Waals surface area (Å²) in [5.74, 6) is -0.0627. The van der Waals surface area contributed by atoms with Crippen LogP contribution in [0.4, 0.5) is 0 Å². The van der Waals surface area contributed by atoms with E-state index in [9.17, 15) is 4.79 Å². The SMILES string of the molecule is CCC(NC(=O)C(N)(CC)CC)c1ccc(Br)cc1. The zero-order valence-corrected chi connectivity index (χ0v) is 13.5. The maximum atomic E-state index is 12.3. The van der Waals surface area contributed by atoms with Crippen LogP contribution in [0.1, 0.15) is 51.6 Å². The summed E-state index contributed by atoms with van der Waals surface area (Å²) in [6.07, 6.45) is 2.13. The number of hydrogen-bond donors (Lipinski definition) is 2. The summed E-state index contributed by atoms with van der Waals surface area (Å²) in [4.78, 5) is 12.3. The highest BCUT2D eigenvalue weighted by Gasteiger charge is 2.31. The highest BCUT2D eigenvalue weighted by atomic mass is 79.9. The van der Waals surface area contributed by atoms with E-state index in [0.29, 0.717) is 12.8 Å². The fraction of sp³-hybridized carbons (Fsp3) is 0.533. The fourth-order valence-corrected chi connectivity index (χ4v) is 2.25. The highest BCUT2D eigenvalue weighted by Crippen LogP contribution is 2.21. The quantitative estimate of drug-likeness (QED) is 0.840. The summed E-state index contributed by atoms with van der Waals surface area (Å²) >= 11 is 3.41. The molecule has 1 atom stereocenters. The van der Waals surface area contributed by atoms with Gasteiger partial charge in [0.15, 0.2) is 0 Å². The summed E-state index contributed by atoms with van der Waals surface area (Å²) in [5.41, 5.74) is 6.47. The van der Waals surface area contributed by atoms with Crippen LogP contribution < -0.4 is 11.1 Å². The van der Waals surface area contributed by atoms with Gasteiger partial charge in [0.2, 0.25) is 5.91 Å². The van der Waals surface area contributed by atoms with E-state index in [4.69, 9.17) is 5.73 Å². The monoisotopic (exact) mass is 326 g/mol. The molecule has 0 aliphatic heterocycles. The van der Waals surface area contributed by atoms with Crippen LogP contribution >= 0.6 is 15.9 Å². The molecule has 3 N–H and O–H groups in total. The second-order valence-corrected chi connectivity index (χ2v) is 5.76. The Hall–Kier alpha value is -0.870. The minimum absolute atomic E-state index is 0.0154. The van der Waals surface area contributed by atoms with Gasteiger partial charge in [-0.1, -0.05) is 48.8 Å². The van der Waals surface area contributed by atoms with Gasteiger partial charge in [-0.3, -0.25) is 4.79 Å². The van der Waals surface area contributed by atoms with Crippen LogP contribution in [0.5, 0.6) is 0 Å². The smallest absolute Gasteiger partial charge is 0.240 e. The van der Waals surface area contributed by atoms with E-state index in [0.717, 1.165) is 16.5 Å². The van der Waals surface area contributed by atoms with Crippen molar-refractivity contribution < 1.29 is 4.79 Å². The lowest BCUT2D eigenvalue weighted by atomic mass is 9.92. The summed E-state index contributed by atoms with van der Waals surface area (Å²) in [7, 11) is 0. The zero-order valence-electron chi connectivity index (χ0n) is 11.9. The average Bonchev–Trinajstić information content (AvgIpc) is 2.44. The Morgan fingerprint density at radius 2 is 1.79 bits per heavy atom. The van der Waals surface area contributed by atoms with Crippen molar-refractivity contribution in [2.75, 3.05) is 0 Å². The van der Waals surface area contributed by atoms with Gasteiger partial charge in [-0.2, -0.15) is 0 Å². The Morgan fingerprint density at radius 1 is 1.26 bits per heavy atom. The van der Waals surface area contributed by atoms with Gasteiger partial charge < -0.3 is 11.1 Å². The average molecular weight is 327 g/mol. The third kappa shape index (κ3) is 4.05. The largest absolute Gasteiger partial charge is 0.348 e. The number of hydrogen-bond acceptors (Lipinski definition) is 2. The first-order valence-electron chi connectivity index (χ1n) is 6.82. The Balaban J connectivity index is 2.83. The topological polar surface area (TPSA) is 55.1 Å². The predicted octanol–water partition coefficient (Wildman–Crippen LogP) is 3.53. The lowest BCUT2D eigenvalue weighted by Gasteiger charge is -2.28. The van der Waals surface area contributed by atoms with E-state index in [2.05, 4.69) is 28.2 Å². The molecule has 106 valence electrons. The maximum Gasteiger partial charge on any atom is 0.240 e. The first-order valence-corrected chi connectivity index (χ1v) is 7.61. The number of carbonyl (C=O) groups is 1. The lowest BCUT2D eigenvalue weighted by Crippen LogP contribution is -2.53. The molecule has 0 aromatic heterocycles. The molecule has 1 aromatic rings. The van der Waals surface area contributed by atoms with Gasteiger partial charge in [0, 0.05) is 4.47 Å². The van der Waals surface area contributed by atoms with Gasteiger partial charge in [0.1, 0.15) is 0 Å². The Morgan fingerprint density at radius 3 is 2.21 bits per heavy atom. The Labute approximate surface area is 124 Å². The second-order valence-electron chi connectivity index (χ2n) is 4.85. The van der Waals surface area contributed by atoms with Gasteiger partial charge in [0.25, 0.3) is 0 Å². The van der Waals surface area contributed by atoms with Crippen molar-refractivity contribution in [1.82, 2.24) is 5.32 Å². The van der Waals surface area contributed by atoms with Crippen molar-refractivity contribution in [2.24, 2.45) is 5.73 Å². The molecule has 1 amide bonds.